The van der Waals surface area contributed by atoms with E-state index in [1.807, 2.05) is 25.1 Å². The lowest BCUT2D eigenvalue weighted by molar-refractivity contribution is -0.127. The maximum atomic E-state index is 12.4. The molecule has 2 aromatic carbocycles. The van der Waals surface area contributed by atoms with E-state index in [1.165, 1.54) is 5.56 Å². The first kappa shape index (κ1) is 21.3. The molecule has 0 spiro atoms. The van der Waals surface area contributed by atoms with Crippen LogP contribution in [0, 0.1) is 0 Å². The molecule has 2 rings (SSSR count). The number of ether oxygens (including phenoxy) is 2. The fourth-order valence-corrected chi connectivity index (χ4v) is 2.65. The highest BCUT2D eigenvalue weighted by Crippen LogP contribution is 2.19. The van der Waals surface area contributed by atoms with Crippen LogP contribution in [0.15, 0.2) is 54.6 Å². The third-order valence-corrected chi connectivity index (χ3v) is 4.14. The van der Waals surface area contributed by atoms with Gasteiger partial charge in [-0.2, -0.15) is 0 Å². The zero-order chi connectivity index (χ0) is 20.4. The van der Waals surface area contributed by atoms with E-state index in [4.69, 9.17) is 9.47 Å². The van der Waals surface area contributed by atoms with Crippen molar-refractivity contribution >= 4 is 17.7 Å². The van der Waals surface area contributed by atoms with Crippen LogP contribution >= 0.6 is 0 Å². The Kier molecular flexibility index (Phi) is 8.34. The molecule has 0 saturated carbocycles. The highest BCUT2D eigenvalue weighted by atomic mass is 16.5. The first-order valence-electron chi connectivity index (χ1n) is 9.52. The molecule has 0 radical (unpaired) electrons. The van der Waals surface area contributed by atoms with Gasteiger partial charge in [0.2, 0.25) is 0 Å². The standard InChI is InChI=1S/C22H28N2O4/c1-4-27-22(26)24-19-11-8-12-20(15-19)28-17(3)21(25)23-16(2)13-14-18-9-6-5-7-10-18/h5-12,15-17H,4,13-14H2,1-3H3,(H,23,25)(H,24,26). The maximum absolute atomic E-state index is 12.4. The molecule has 2 aromatic rings. The van der Waals surface area contributed by atoms with Gasteiger partial charge < -0.3 is 14.8 Å². The number of carbonyl (C=O) groups excluding carboxylic acids is 2. The Labute approximate surface area is 166 Å². The molecule has 0 bridgehead atoms. The van der Waals surface area contributed by atoms with E-state index in [2.05, 4.69) is 22.8 Å². The molecule has 0 saturated heterocycles. The molecule has 0 aromatic heterocycles. The summed E-state index contributed by atoms with van der Waals surface area (Å²) in [6.07, 6.45) is 0.565. The van der Waals surface area contributed by atoms with Crippen LogP contribution < -0.4 is 15.4 Å². The Bertz CT molecular complexity index is 764. The van der Waals surface area contributed by atoms with E-state index in [0.717, 1.165) is 12.8 Å². The lowest BCUT2D eigenvalue weighted by Gasteiger charge is -2.19. The van der Waals surface area contributed by atoms with Crippen molar-refractivity contribution in [1.82, 2.24) is 5.32 Å². The molecular formula is C22H28N2O4. The number of amides is 2. The van der Waals surface area contributed by atoms with E-state index in [9.17, 15) is 9.59 Å². The predicted octanol–water partition coefficient (Wildman–Crippen LogP) is 4.16. The highest BCUT2D eigenvalue weighted by molar-refractivity contribution is 5.85. The molecule has 0 heterocycles. The topological polar surface area (TPSA) is 76.7 Å². The SMILES string of the molecule is CCOC(=O)Nc1cccc(OC(C)C(=O)NC(C)CCc2ccccc2)c1. The quantitative estimate of drug-likeness (QED) is 0.681. The summed E-state index contributed by atoms with van der Waals surface area (Å²) in [6, 6.07) is 17.1. The molecule has 6 nitrogen and oxygen atoms in total. The normalized spacial score (nSPS) is 12.5. The van der Waals surface area contributed by atoms with Gasteiger partial charge in [-0.05, 0) is 51.3 Å². The number of benzene rings is 2. The molecule has 6 heteroatoms. The predicted molar refractivity (Wildman–Crippen MR) is 110 cm³/mol. The van der Waals surface area contributed by atoms with Crippen LogP contribution in [0.2, 0.25) is 0 Å². The average molecular weight is 384 g/mol. The largest absolute Gasteiger partial charge is 0.481 e. The molecule has 2 N–H and O–H groups in total. The Morgan fingerprint density at radius 1 is 1.04 bits per heavy atom. The van der Waals surface area contributed by atoms with Crippen molar-refractivity contribution in [3.63, 3.8) is 0 Å². The van der Waals surface area contributed by atoms with Gasteiger partial charge in [-0.3, -0.25) is 10.1 Å². The second-order valence-corrected chi connectivity index (χ2v) is 6.57. The number of carbonyl (C=O) groups is 2. The number of hydrogen-bond acceptors (Lipinski definition) is 4. The second kappa shape index (κ2) is 11.0. The lowest BCUT2D eigenvalue weighted by atomic mass is 10.1. The fourth-order valence-electron chi connectivity index (χ4n) is 2.65. The molecule has 0 aliphatic carbocycles. The van der Waals surface area contributed by atoms with Crippen LogP contribution in [0.1, 0.15) is 32.8 Å². The van der Waals surface area contributed by atoms with Crippen molar-refractivity contribution in [1.29, 1.82) is 0 Å². The van der Waals surface area contributed by atoms with Crippen LogP contribution in [-0.4, -0.2) is 30.8 Å². The first-order valence-corrected chi connectivity index (χ1v) is 9.52. The van der Waals surface area contributed by atoms with Crippen molar-refractivity contribution in [2.45, 2.75) is 45.8 Å². The molecule has 2 atom stereocenters. The zero-order valence-electron chi connectivity index (χ0n) is 16.6. The first-order chi connectivity index (χ1) is 13.5. The van der Waals surface area contributed by atoms with E-state index in [0.29, 0.717) is 18.0 Å². The molecule has 0 aliphatic heterocycles. The molecule has 150 valence electrons. The number of anilines is 1. The summed E-state index contributed by atoms with van der Waals surface area (Å²) in [5, 5.41) is 5.59. The third-order valence-electron chi connectivity index (χ3n) is 4.14. The Morgan fingerprint density at radius 2 is 1.79 bits per heavy atom. The molecule has 2 amide bonds. The van der Waals surface area contributed by atoms with E-state index < -0.39 is 12.2 Å². The molecule has 0 aliphatic rings. The van der Waals surface area contributed by atoms with Gasteiger partial charge in [0.25, 0.3) is 5.91 Å². The average Bonchev–Trinajstić information content (AvgIpc) is 2.67. The van der Waals surface area contributed by atoms with Crippen LogP contribution in [0.4, 0.5) is 10.5 Å². The highest BCUT2D eigenvalue weighted by Gasteiger charge is 2.17. The van der Waals surface area contributed by atoms with E-state index in [-0.39, 0.29) is 11.9 Å². The number of aryl methyl sites for hydroxylation is 1. The lowest BCUT2D eigenvalue weighted by Crippen LogP contribution is -2.41. The van der Waals surface area contributed by atoms with Crippen LogP contribution in [0.25, 0.3) is 0 Å². The number of hydrogen-bond donors (Lipinski definition) is 2. The number of nitrogens with one attached hydrogen (secondary N) is 2. The zero-order valence-corrected chi connectivity index (χ0v) is 16.6. The monoisotopic (exact) mass is 384 g/mol. The smallest absolute Gasteiger partial charge is 0.411 e. The van der Waals surface area contributed by atoms with Crippen molar-refractivity contribution < 1.29 is 19.1 Å². The fraction of sp³-hybridized carbons (Fsp3) is 0.364. The Morgan fingerprint density at radius 3 is 2.50 bits per heavy atom. The third kappa shape index (κ3) is 7.31. The van der Waals surface area contributed by atoms with Crippen molar-refractivity contribution in [2.75, 3.05) is 11.9 Å². The van der Waals surface area contributed by atoms with Crippen molar-refractivity contribution in [3.05, 3.63) is 60.2 Å². The molecular weight excluding hydrogens is 356 g/mol. The summed E-state index contributed by atoms with van der Waals surface area (Å²) in [5.74, 6) is 0.318. The Hall–Kier alpha value is -3.02. The van der Waals surface area contributed by atoms with Gasteiger partial charge in [0.1, 0.15) is 5.75 Å². The Balaban J connectivity index is 1.82. The van der Waals surface area contributed by atoms with Crippen molar-refractivity contribution in [3.8, 4) is 5.75 Å². The summed E-state index contributed by atoms with van der Waals surface area (Å²) >= 11 is 0. The van der Waals surface area contributed by atoms with Gasteiger partial charge in [0.15, 0.2) is 6.10 Å². The second-order valence-electron chi connectivity index (χ2n) is 6.57. The van der Waals surface area contributed by atoms with Gasteiger partial charge in [0, 0.05) is 17.8 Å². The summed E-state index contributed by atoms with van der Waals surface area (Å²) in [7, 11) is 0. The summed E-state index contributed by atoms with van der Waals surface area (Å²) < 4.78 is 10.6. The molecule has 2 unspecified atom stereocenters. The maximum Gasteiger partial charge on any atom is 0.411 e. The van der Waals surface area contributed by atoms with Crippen LogP contribution in [0.5, 0.6) is 5.75 Å². The minimum atomic E-state index is -0.656. The van der Waals surface area contributed by atoms with Gasteiger partial charge in [-0.1, -0.05) is 36.4 Å². The van der Waals surface area contributed by atoms with Crippen LogP contribution in [-0.2, 0) is 16.0 Å². The molecule has 0 fully saturated rings. The van der Waals surface area contributed by atoms with Gasteiger partial charge in [0.05, 0.1) is 6.61 Å². The van der Waals surface area contributed by atoms with Gasteiger partial charge in [-0.15, -0.1) is 0 Å². The van der Waals surface area contributed by atoms with Gasteiger partial charge in [-0.25, -0.2) is 4.79 Å². The summed E-state index contributed by atoms with van der Waals surface area (Å²) in [5.41, 5.74) is 1.79. The van der Waals surface area contributed by atoms with Crippen molar-refractivity contribution in [2.24, 2.45) is 0 Å². The minimum Gasteiger partial charge on any atom is -0.481 e. The van der Waals surface area contributed by atoms with E-state index in [1.54, 1.807) is 38.1 Å². The summed E-state index contributed by atoms with van der Waals surface area (Å²) in [6.45, 7) is 5.71. The van der Waals surface area contributed by atoms with Gasteiger partial charge >= 0.3 is 6.09 Å². The molecule has 28 heavy (non-hydrogen) atoms. The minimum absolute atomic E-state index is 0.0376. The van der Waals surface area contributed by atoms with E-state index >= 15 is 0 Å². The van der Waals surface area contributed by atoms with Crippen LogP contribution in [0.3, 0.4) is 0 Å². The number of rotatable bonds is 9. The summed E-state index contributed by atoms with van der Waals surface area (Å²) in [4.78, 5) is 23.9.